The molecular weight excluding hydrogens is 332 g/mol. The van der Waals surface area contributed by atoms with Gasteiger partial charge in [-0.2, -0.15) is 0 Å². The molecule has 0 saturated heterocycles. The van der Waals surface area contributed by atoms with Crippen LogP contribution < -0.4 is 9.04 Å². The topological polar surface area (TPSA) is 89.8 Å². The van der Waals surface area contributed by atoms with Crippen molar-refractivity contribution in [1.29, 1.82) is 0 Å². The first-order valence-electron chi connectivity index (χ1n) is 7.24. The van der Waals surface area contributed by atoms with Crippen molar-refractivity contribution in [3.63, 3.8) is 0 Å². The maximum absolute atomic E-state index is 12.7. The molecule has 0 N–H and O–H groups in total. The number of nitro groups is 1. The number of sulfonamides is 1. The number of ether oxygens (including phenoxy) is 1. The minimum atomic E-state index is -3.90. The van der Waals surface area contributed by atoms with Gasteiger partial charge in [-0.1, -0.05) is 6.07 Å². The highest BCUT2D eigenvalue weighted by Gasteiger charge is 2.24. The molecule has 8 heteroatoms. The van der Waals surface area contributed by atoms with Gasteiger partial charge in [0.25, 0.3) is 15.7 Å². The van der Waals surface area contributed by atoms with Crippen molar-refractivity contribution in [2.45, 2.75) is 18.7 Å². The highest BCUT2D eigenvalue weighted by Crippen LogP contribution is 2.27. The molecule has 0 bridgehead atoms. The summed E-state index contributed by atoms with van der Waals surface area (Å²) in [4.78, 5) is 10.3. The van der Waals surface area contributed by atoms with Gasteiger partial charge in [-0.25, -0.2) is 8.42 Å². The predicted molar refractivity (Wildman–Crippen MR) is 91.0 cm³/mol. The summed E-state index contributed by atoms with van der Waals surface area (Å²) in [5.41, 5.74) is 0.612. The highest BCUT2D eigenvalue weighted by molar-refractivity contribution is 7.92. The molecule has 0 aromatic heterocycles. The van der Waals surface area contributed by atoms with Crippen LogP contribution in [0.3, 0.4) is 0 Å². The molecule has 7 nitrogen and oxygen atoms in total. The van der Waals surface area contributed by atoms with E-state index >= 15 is 0 Å². The number of hydrogen-bond donors (Lipinski definition) is 0. The van der Waals surface area contributed by atoms with Crippen LogP contribution in [0.2, 0.25) is 0 Å². The van der Waals surface area contributed by atoms with Crippen molar-refractivity contribution in [3.8, 4) is 5.75 Å². The Morgan fingerprint density at radius 1 is 1.17 bits per heavy atom. The van der Waals surface area contributed by atoms with Crippen LogP contribution >= 0.6 is 0 Å². The van der Waals surface area contributed by atoms with Gasteiger partial charge in [0.15, 0.2) is 0 Å². The molecule has 0 aliphatic rings. The number of aryl methyl sites for hydroxylation is 1. The molecular formula is C16H18N2O5S. The van der Waals surface area contributed by atoms with Gasteiger partial charge < -0.3 is 4.74 Å². The van der Waals surface area contributed by atoms with Gasteiger partial charge in [0, 0.05) is 18.7 Å². The molecule has 0 unspecified atom stereocenters. The van der Waals surface area contributed by atoms with Gasteiger partial charge in [0.05, 0.1) is 22.1 Å². The Kier molecular flexibility index (Phi) is 5.08. The summed E-state index contributed by atoms with van der Waals surface area (Å²) in [6.07, 6.45) is 0. The lowest BCUT2D eigenvalue weighted by molar-refractivity contribution is -0.385. The Hall–Kier alpha value is -2.61. The van der Waals surface area contributed by atoms with E-state index in [-0.39, 0.29) is 10.6 Å². The minimum Gasteiger partial charge on any atom is -0.494 e. The summed E-state index contributed by atoms with van der Waals surface area (Å²) in [5, 5.41) is 11.0. The molecule has 2 aromatic rings. The third-order valence-corrected chi connectivity index (χ3v) is 5.33. The van der Waals surface area contributed by atoms with Gasteiger partial charge in [0.1, 0.15) is 5.75 Å². The molecule has 0 fully saturated rings. The molecule has 24 heavy (non-hydrogen) atoms. The number of anilines is 1. The molecule has 2 rings (SSSR count). The van der Waals surface area contributed by atoms with E-state index in [9.17, 15) is 18.5 Å². The fraction of sp³-hybridized carbons (Fsp3) is 0.250. The van der Waals surface area contributed by atoms with E-state index in [0.717, 1.165) is 10.4 Å². The number of rotatable bonds is 6. The smallest absolute Gasteiger partial charge is 0.273 e. The number of nitro benzene ring substituents is 1. The van der Waals surface area contributed by atoms with Gasteiger partial charge in [-0.15, -0.1) is 0 Å². The normalized spacial score (nSPS) is 11.1. The van der Waals surface area contributed by atoms with Gasteiger partial charge >= 0.3 is 0 Å². The summed E-state index contributed by atoms with van der Waals surface area (Å²) < 4.78 is 31.8. The van der Waals surface area contributed by atoms with Crippen LogP contribution in [0.1, 0.15) is 12.5 Å². The third-order valence-electron chi connectivity index (χ3n) is 3.55. The average molecular weight is 350 g/mol. The SMILES string of the molecule is CCOc1ccc(N(C)S(=O)(=O)c2ccc(C)c([N+](=O)[O-])c2)cc1. The van der Waals surface area contributed by atoms with Crippen molar-refractivity contribution in [3.05, 3.63) is 58.1 Å². The summed E-state index contributed by atoms with van der Waals surface area (Å²) >= 11 is 0. The van der Waals surface area contributed by atoms with E-state index < -0.39 is 14.9 Å². The molecule has 0 heterocycles. The van der Waals surface area contributed by atoms with E-state index in [1.54, 1.807) is 31.2 Å². The second kappa shape index (κ2) is 6.88. The number of nitrogens with zero attached hydrogens (tertiary/aromatic N) is 2. The van der Waals surface area contributed by atoms with E-state index in [1.807, 2.05) is 6.92 Å². The summed E-state index contributed by atoms with van der Waals surface area (Å²) in [6, 6.07) is 10.4. The Morgan fingerprint density at radius 3 is 2.33 bits per heavy atom. The Balaban J connectivity index is 2.39. The summed E-state index contributed by atoms with van der Waals surface area (Å²) in [5.74, 6) is 0.637. The molecule has 128 valence electrons. The lowest BCUT2D eigenvalue weighted by Crippen LogP contribution is -2.26. The summed E-state index contributed by atoms with van der Waals surface area (Å²) in [6.45, 7) is 3.93. The maximum Gasteiger partial charge on any atom is 0.273 e. The van der Waals surface area contributed by atoms with Gasteiger partial charge in [-0.3, -0.25) is 14.4 Å². The van der Waals surface area contributed by atoms with Crippen LogP contribution in [-0.2, 0) is 10.0 Å². The van der Waals surface area contributed by atoms with E-state index in [2.05, 4.69) is 0 Å². The zero-order valence-corrected chi connectivity index (χ0v) is 14.4. The van der Waals surface area contributed by atoms with E-state index in [0.29, 0.717) is 23.6 Å². The van der Waals surface area contributed by atoms with Crippen LogP contribution in [0.25, 0.3) is 0 Å². The van der Waals surface area contributed by atoms with Gasteiger partial charge in [0.2, 0.25) is 0 Å². The van der Waals surface area contributed by atoms with Crippen molar-refractivity contribution < 1.29 is 18.1 Å². The second-order valence-electron chi connectivity index (χ2n) is 5.10. The monoisotopic (exact) mass is 350 g/mol. The largest absolute Gasteiger partial charge is 0.494 e. The molecule has 0 atom stereocenters. The van der Waals surface area contributed by atoms with Crippen molar-refractivity contribution in [2.24, 2.45) is 0 Å². The summed E-state index contributed by atoms with van der Waals surface area (Å²) in [7, 11) is -2.50. The standard InChI is InChI=1S/C16H18N2O5S/c1-4-23-14-8-6-13(7-9-14)17(3)24(21,22)15-10-5-12(2)16(11-15)18(19)20/h5-11H,4H2,1-3H3. The van der Waals surface area contributed by atoms with Crippen molar-refractivity contribution in [2.75, 3.05) is 18.0 Å². The average Bonchev–Trinajstić information content (AvgIpc) is 2.55. The van der Waals surface area contributed by atoms with Gasteiger partial charge in [-0.05, 0) is 44.2 Å². The molecule has 0 aliphatic carbocycles. The first kappa shape index (κ1) is 17.7. The number of benzene rings is 2. The highest BCUT2D eigenvalue weighted by atomic mass is 32.2. The zero-order chi connectivity index (χ0) is 17.9. The van der Waals surface area contributed by atoms with Crippen LogP contribution in [0.15, 0.2) is 47.4 Å². The van der Waals surface area contributed by atoms with E-state index in [4.69, 9.17) is 4.74 Å². The minimum absolute atomic E-state index is 0.129. The first-order chi connectivity index (χ1) is 11.3. The molecule has 0 saturated carbocycles. The first-order valence-corrected chi connectivity index (χ1v) is 8.68. The fourth-order valence-electron chi connectivity index (χ4n) is 2.16. The Labute approximate surface area is 140 Å². The fourth-order valence-corrected chi connectivity index (χ4v) is 3.38. The lowest BCUT2D eigenvalue weighted by atomic mass is 10.2. The lowest BCUT2D eigenvalue weighted by Gasteiger charge is -2.20. The maximum atomic E-state index is 12.7. The van der Waals surface area contributed by atoms with Crippen LogP contribution in [0.4, 0.5) is 11.4 Å². The third kappa shape index (κ3) is 3.48. The van der Waals surface area contributed by atoms with E-state index in [1.165, 1.54) is 19.2 Å². The predicted octanol–water partition coefficient (Wildman–Crippen LogP) is 3.13. The Bertz CT molecular complexity index is 847. The molecule has 0 aliphatic heterocycles. The molecule has 2 aromatic carbocycles. The molecule has 0 spiro atoms. The Morgan fingerprint density at radius 2 is 1.79 bits per heavy atom. The van der Waals surface area contributed by atoms with Crippen molar-refractivity contribution in [1.82, 2.24) is 0 Å². The zero-order valence-electron chi connectivity index (χ0n) is 13.6. The van der Waals surface area contributed by atoms with Crippen LogP contribution in [-0.4, -0.2) is 27.0 Å². The second-order valence-corrected chi connectivity index (χ2v) is 7.07. The molecule has 0 amide bonds. The van der Waals surface area contributed by atoms with Crippen molar-refractivity contribution >= 4 is 21.4 Å². The number of hydrogen-bond acceptors (Lipinski definition) is 5. The van der Waals surface area contributed by atoms with Crippen LogP contribution in [0, 0.1) is 17.0 Å². The quantitative estimate of drug-likeness (QED) is 0.590. The molecule has 0 radical (unpaired) electrons. The van der Waals surface area contributed by atoms with Crippen LogP contribution in [0.5, 0.6) is 5.75 Å².